The lowest BCUT2D eigenvalue weighted by molar-refractivity contribution is 0.219. The van der Waals surface area contributed by atoms with Crippen molar-refractivity contribution in [2.75, 3.05) is 0 Å². The fourth-order valence-electron chi connectivity index (χ4n) is 3.66. The molecule has 1 fully saturated rings. The average Bonchev–Trinajstić information content (AvgIpc) is 2.47. The van der Waals surface area contributed by atoms with Crippen molar-refractivity contribution in [2.45, 2.75) is 65.3 Å². The zero-order valence-electron chi connectivity index (χ0n) is 14.5. The van der Waals surface area contributed by atoms with E-state index in [4.69, 9.17) is 0 Å². The molecule has 1 aliphatic carbocycles. The Labute approximate surface area is 136 Å². The third-order valence-electron chi connectivity index (χ3n) is 5.01. The molecule has 1 saturated carbocycles. The Morgan fingerprint density at radius 1 is 1.32 bits per heavy atom. The first-order valence-corrected chi connectivity index (χ1v) is 8.64. The van der Waals surface area contributed by atoms with Crippen molar-refractivity contribution in [2.24, 2.45) is 5.41 Å². The number of rotatable bonds is 5. The summed E-state index contributed by atoms with van der Waals surface area (Å²) in [5, 5.41) is 3.50. The normalized spacial score (nSPS) is 25.4. The van der Waals surface area contributed by atoms with E-state index in [0.717, 1.165) is 0 Å². The van der Waals surface area contributed by atoms with Crippen LogP contribution in [0, 0.1) is 5.41 Å². The summed E-state index contributed by atoms with van der Waals surface area (Å²) in [6, 6.07) is 0.275. The van der Waals surface area contributed by atoms with Gasteiger partial charge in [0.25, 0.3) is 0 Å². The van der Waals surface area contributed by atoms with Crippen LogP contribution in [0.2, 0.25) is 0 Å². The predicted molar refractivity (Wildman–Crippen MR) is 97.7 cm³/mol. The minimum Gasteiger partial charge on any atom is -0.380 e. The van der Waals surface area contributed by atoms with Crippen molar-refractivity contribution in [3.8, 4) is 0 Å². The van der Waals surface area contributed by atoms with Gasteiger partial charge in [0, 0.05) is 6.20 Å². The van der Waals surface area contributed by atoms with Crippen LogP contribution >= 0.6 is 0 Å². The Morgan fingerprint density at radius 3 is 2.68 bits per heavy atom. The second kappa shape index (κ2) is 7.67. The van der Waals surface area contributed by atoms with Crippen LogP contribution in [0.1, 0.15) is 59.3 Å². The van der Waals surface area contributed by atoms with Gasteiger partial charge < -0.3 is 5.32 Å². The van der Waals surface area contributed by atoms with Gasteiger partial charge in [0.05, 0.1) is 6.04 Å². The Hall–Kier alpha value is -1.50. The van der Waals surface area contributed by atoms with E-state index < -0.39 is 0 Å². The zero-order chi connectivity index (χ0) is 16.0. The number of dihydropyridines is 1. The summed E-state index contributed by atoms with van der Waals surface area (Å²) in [5.41, 5.74) is 4.45. The smallest absolute Gasteiger partial charge is 0.0722 e. The van der Waals surface area contributed by atoms with Gasteiger partial charge >= 0.3 is 0 Å². The number of allylic oxidation sites excluding steroid dienone is 5. The van der Waals surface area contributed by atoms with Gasteiger partial charge in [-0.3, -0.25) is 0 Å². The molecule has 0 aromatic carbocycles. The van der Waals surface area contributed by atoms with Crippen molar-refractivity contribution >= 4 is 0 Å². The maximum Gasteiger partial charge on any atom is 0.0722 e. The van der Waals surface area contributed by atoms with Gasteiger partial charge in [-0.1, -0.05) is 63.1 Å². The summed E-state index contributed by atoms with van der Waals surface area (Å²) in [4.78, 5) is 0. The van der Waals surface area contributed by atoms with E-state index in [-0.39, 0.29) is 6.04 Å². The molecular weight excluding hydrogens is 266 g/mol. The van der Waals surface area contributed by atoms with Crippen molar-refractivity contribution in [1.82, 2.24) is 5.32 Å². The Kier molecular flexibility index (Phi) is 5.88. The summed E-state index contributed by atoms with van der Waals surface area (Å²) >= 11 is 0. The monoisotopic (exact) mass is 297 g/mol. The highest BCUT2D eigenvalue weighted by atomic mass is 14.9. The third-order valence-corrected chi connectivity index (χ3v) is 5.01. The molecule has 120 valence electrons. The van der Waals surface area contributed by atoms with Gasteiger partial charge in [-0.15, -0.1) is 0 Å². The summed E-state index contributed by atoms with van der Waals surface area (Å²) in [5.74, 6) is 0. The van der Waals surface area contributed by atoms with Crippen LogP contribution in [0.5, 0.6) is 0 Å². The standard InChI is InChI=1S/C21H31N/c1-5-10-19(20-18(3)15-17(2)16-22-20)11-9-14-21(4)12-7-6-8-13-21/h5,9-11,15-16,20,22H,1,6-8,12-14H2,2-4H3/b11-9-,19-10+. The summed E-state index contributed by atoms with van der Waals surface area (Å²) in [6.45, 7) is 10.6. The number of nitrogens with one attached hydrogen (secondary N) is 1. The molecule has 1 nitrogen and oxygen atoms in total. The Morgan fingerprint density at radius 2 is 2.05 bits per heavy atom. The van der Waals surface area contributed by atoms with Gasteiger partial charge in [-0.05, 0) is 55.2 Å². The molecule has 1 N–H and O–H groups in total. The second-order valence-electron chi connectivity index (χ2n) is 7.26. The highest BCUT2D eigenvalue weighted by Crippen LogP contribution is 2.39. The van der Waals surface area contributed by atoms with E-state index >= 15 is 0 Å². The average molecular weight is 297 g/mol. The van der Waals surface area contributed by atoms with Crippen LogP contribution in [-0.2, 0) is 0 Å². The van der Waals surface area contributed by atoms with E-state index in [1.54, 1.807) is 0 Å². The first-order valence-electron chi connectivity index (χ1n) is 8.64. The van der Waals surface area contributed by atoms with Crippen molar-refractivity contribution in [1.29, 1.82) is 0 Å². The molecular formula is C21H31N. The lowest BCUT2D eigenvalue weighted by Crippen LogP contribution is -2.30. The molecule has 2 aliphatic rings. The lowest BCUT2D eigenvalue weighted by Gasteiger charge is -2.32. The molecule has 2 rings (SSSR count). The lowest BCUT2D eigenvalue weighted by atomic mass is 9.73. The fourth-order valence-corrected chi connectivity index (χ4v) is 3.66. The van der Waals surface area contributed by atoms with Crippen molar-refractivity contribution < 1.29 is 0 Å². The molecule has 0 amide bonds. The molecule has 1 heteroatoms. The van der Waals surface area contributed by atoms with Gasteiger partial charge in [-0.25, -0.2) is 0 Å². The molecule has 0 radical (unpaired) electrons. The van der Waals surface area contributed by atoms with Crippen LogP contribution in [0.4, 0.5) is 0 Å². The SMILES string of the molecule is C=C/C=C(\C=C/CC1(C)CCCCC1)C1NC=C(C)C=C1C. The molecule has 1 heterocycles. The second-order valence-corrected chi connectivity index (χ2v) is 7.26. The quantitative estimate of drug-likeness (QED) is 0.629. The van der Waals surface area contributed by atoms with Crippen LogP contribution in [0.15, 0.2) is 59.9 Å². The van der Waals surface area contributed by atoms with Crippen molar-refractivity contribution in [3.63, 3.8) is 0 Å². The van der Waals surface area contributed by atoms with Gasteiger partial charge in [0.15, 0.2) is 0 Å². The molecule has 1 atom stereocenters. The minimum absolute atomic E-state index is 0.275. The van der Waals surface area contributed by atoms with Gasteiger partial charge in [-0.2, -0.15) is 0 Å². The largest absolute Gasteiger partial charge is 0.380 e. The summed E-state index contributed by atoms with van der Waals surface area (Å²) in [6.07, 6.45) is 21.2. The van der Waals surface area contributed by atoms with E-state index in [9.17, 15) is 0 Å². The van der Waals surface area contributed by atoms with Crippen LogP contribution in [0.25, 0.3) is 0 Å². The molecule has 0 aromatic heterocycles. The van der Waals surface area contributed by atoms with Gasteiger partial charge in [0.1, 0.15) is 0 Å². The van der Waals surface area contributed by atoms with E-state index in [0.29, 0.717) is 5.41 Å². The zero-order valence-corrected chi connectivity index (χ0v) is 14.5. The number of hydrogen-bond donors (Lipinski definition) is 1. The number of hydrogen-bond acceptors (Lipinski definition) is 1. The first-order chi connectivity index (χ1) is 10.5. The maximum absolute atomic E-state index is 3.87. The predicted octanol–water partition coefficient (Wildman–Crippen LogP) is 5.84. The van der Waals surface area contributed by atoms with E-state index in [2.05, 4.69) is 63.2 Å². The molecule has 1 aliphatic heterocycles. The van der Waals surface area contributed by atoms with Gasteiger partial charge in [0.2, 0.25) is 0 Å². The molecule has 22 heavy (non-hydrogen) atoms. The highest BCUT2D eigenvalue weighted by Gasteiger charge is 2.25. The molecule has 0 saturated heterocycles. The molecule has 0 spiro atoms. The molecule has 1 unspecified atom stereocenters. The molecule has 0 aromatic rings. The fraction of sp³-hybridized carbons (Fsp3) is 0.524. The van der Waals surface area contributed by atoms with E-state index in [1.165, 1.54) is 55.2 Å². The van der Waals surface area contributed by atoms with Crippen LogP contribution < -0.4 is 5.32 Å². The van der Waals surface area contributed by atoms with Crippen molar-refractivity contribution in [3.05, 3.63) is 59.9 Å². The third kappa shape index (κ3) is 4.50. The summed E-state index contributed by atoms with van der Waals surface area (Å²) in [7, 11) is 0. The van der Waals surface area contributed by atoms with E-state index in [1.807, 2.05) is 6.08 Å². The van der Waals surface area contributed by atoms with Crippen LogP contribution in [-0.4, -0.2) is 6.04 Å². The summed E-state index contributed by atoms with van der Waals surface area (Å²) < 4.78 is 0. The Bertz CT molecular complexity index is 510. The van der Waals surface area contributed by atoms with Crippen LogP contribution in [0.3, 0.4) is 0 Å². The maximum atomic E-state index is 3.87. The minimum atomic E-state index is 0.275. The Balaban J connectivity index is 2.03. The first kappa shape index (κ1) is 16.9. The molecule has 0 bridgehead atoms. The topological polar surface area (TPSA) is 12.0 Å². The highest BCUT2D eigenvalue weighted by molar-refractivity contribution is 5.41.